The fourth-order valence-electron chi connectivity index (χ4n) is 3.65. The molecular weight excluding hydrogens is 354 g/mol. The Hall–Kier alpha value is -2.83. The molecule has 3 rings (SSSR count). The van der Waals surface area contributed by atoms with Crippen molar-refractivity contribution in [3.8, 4) is 0 Å². The summed E-state index contributed by atoms with van der Waals surface area (Å²) in [6.07, 6.45) is 2.12. The molecule has 0 saturated carbocycles. The number of H-pyrrole nitrogens is 1. The Morgan fingerprint density at radius 2 is 2.07 bits per heavy atom. The maximum atomic E-state index is 12.5. The van der Waals surface area contributed by atoms with Gasteiger partial charge in [-0.25, -0.2) is 4.79 Å². The van der Waals surface area contributed by atoms with E-state index in [9.17, 15) is 9.59 Å². The van der Waals surface area contributed by atoms with Gasteiger partial charge in [0, 0.05) is 38.8 Å². The number of carbonyl (C=O) groups is 2. The van der Waals surface area contributed by atoms with Gasteiger partial charge in [0.05, 0.1) is 11.7 Å². The second-order valence-electron chi connectivity index (χ2n) is 7.55. The van der Waals surface area contributed by atoms with Gasteiger partial charge in [0.2, 0.25) is 5.91 Å². The number of hydrogen-bond acceptors (Lipinski definition) is 3. The Kier molecular flexibility index (Phi) is 6.34. The SMILES string of the molecule is Cc1n[nH]c(C)c1CCCN(C)C(=O)NC1CC(=O)N(Cc2ccccc2)C1. The number of rotatable bonds is 7. The van der Waals surface area contributed by atoms with Gasteiger partial charge in [-0.3, -0.25) is 9.89 Å². The lowest BCUT2D eigenvalue weighted by Gasteiger charge is -2.21. The van der Waals surface area contributed by atoms with E-state index < -0.39 is 0 Å². The predicted molar refractivity (Wildman–Crippen MR) is 108 cm³/mol. The zero-order valence-electron chi connectivity index (χ0n) is 16.9. The molecule has 7 nitrogen and oxygen atoms in total. The van der Waals surface area contributed by atoms with Crippen LogP contribution in [0.25, 0.3) is 0 Å². The number of hydrogen-bond donors (Lipinski definition) is 2. The van der Waals surface area contributed by atoms with Gasteiger partial charge >= 0.3 is 6.03 Å². The van der Waals surface area contributed by atoms with Crippen LogP contribution in [0.5, 0.6) is 0 Å². The van der Waals surface area contributed by atoms with Gasteiger partial charge in [0.1, 0.15) is 0 Å². The summed E-state index contributed by atoms with van der Waals surface area (Å²) in [4.78, 5) is 28.2. The number of nitrogens with zero attached hydrogens (tertiary/aromatic N) is 3. The molecule has 3 amide bonds. The second kappa shape index (κ2) is 8.91. The first-order chi connectivity index (χ1) is 13.4. The van der Waals surface area contributed by atoms with Crippen molar-refractivity contribution in [3.05, 3.63) is 52.8 Å². The number of nitrogens with one attached hydrogen (secondary N) is 2. The van der Waals surface area contributed by atoms with Crippen LogP contribution in [0, 0.1) is 13.8 Å². The molecular formula is C21H29N5O2. The summed E-state index contributed by atoms with van der Waals surface area (Å²) in [5.41, 5.74) is 4.44. The molecule has 1 aliphatic rings. The summed E-state index contributed by atoms with van der Waals surface area (Å²) in [5.74, 6) is 0.0858. The highest BCUT2D eigenvalue weighted by Crippen LogP contribution is 2.16. The molecule has 2 heterocycles. The van der Waals surface area contributed by atoms with E-state index >= 15 is 0 Å². The van der Waals surface area contributed by atoms with Crippen LogP contribution >= 0.6 is 0 Å². The van der Waals surface area contributed by atoms with Crippen LogP contribution in [0.1, 0.15) is 35.4 Å². The number of aryl methyl sites for hydroxylation is 2. The van der Waals surface area contributed by atoms with Crippen LogP contribution in [0.15, 0.2) is 30.3 Å². The zero-order chi connectivity index (χ0) is 20.1. The van der Waals surface area contributed by atoms with Crippen molar-refractivity contribution >= 4 is 11.9 Å². The minimum atomic E-state index is -0.135. The number of carbonyl (C=O) groups excluding carboxylic acids is 2. The van der Waals surface area contributed by atoms with E-state index in [1.165, 1.54) is 5.56 Å². The Morgan fingerprint density at radius 1 is 1.32 bits per heavy atom. The highest BCUT2D eigenvalue weighted by atomic mass is 16.2. The van der Waals surface area contributed by atoms with E-state index in [0.717, 1.165) is 29.8 Å². The van der Waals surface area contributed by atoms with Gasteiger partial charge in [-0.05, 0) is 37.8 Å². The summed E-state index contributed by atoms with van der Waals surface area (Å²) in [6, 6.07) is 9.66. The lowest BCUT2D eigenvalue weighted by molar-refractivity contribution is -0.128. The van der Waals surface area contributed by atoms with Crippen LogP contribution in [0.2, 0.25) is 0 Å². The van der Waals surface area contributed by atoms with Crippen molar-refractivity contribution < 1.29 is 9.59 Å². The standard InChI is InChI=1S/C21H29N5O2/c1-15-19(16(2)24-23-15)10-7-11-25(3)21(28)22-18-12-20(27)26(14-18)13-17-8-5-4-6-9-17/h4-6,8-9,18H,7,10-14H2,1-3H3,(H,22,28)(H,23,24). The first-order valence-corrected chi connectivity index (χ1v) is 9.78. The van der Waals surface area contributed by atoms with Crippen molar-refractivity contribution in [2.24, 2.45) is 0 Å². The maximum absolute atomic E-state index is 12.5. The minimum absolute atomic E-state index is 0.0858. The number of benzene rings is 1. The van der Waals surface area contributed by atoms with Gasteiger partial charge < -0.3 is 15.1 Å². The molecule has 2 aromatic rings. The molecule has 0 aliphatic carbocycles. The van der Waals surface area contributed by atoms with Crippen molar-refractivity contribution in [1.82, 2.24) is 25.3 Å². The molecule has 1 aromatic heterocycles. The Bertz CT molecular complexity index is 798. The lowest BCUT2D eigenvalue weighted by Crippen LogP contribution is -2.44. The summed E-state index contributed by atoms with van der Waals surface area (Å²) in [6.45, 7) is 5.81. The fourth-order valence-corrected chi connectivity index (χ4v) is 3.65. The monoisotopic (exact) mass is 383 g/mol. The molecule has 1 unspecified atom stereocenters. The van der Waals surface area contributed by atoms with Crippen LogP contribution in [-0.2, 0) is 17.8 Å². The molecule has 2 N–H and O–H groups in total. The first-order valence-electron chi connectivity index (χ1n) is 9.78. The molecule has 1 atom stereocenters. The smallest absolute Gasteiger partial charge is 0.317 e. The van der Waals surface area contributed by atoms with Crippen molar-refractivity contribution in [1.29, 1.82) is 0 Å². The topological polar surface area (TPSA) is 81.3 Å². The van der Waals surface area contributed by atoms with Crippen LogP contribution < -0.4 is 5.32 Å². The quantitative estimate of drug-likeness (QED) is 0.770. The molecule has 1 saturated heterocycles. The zero-order valence-corrected chi connectivity index (χ0v) is 16.9. The molecule has 0 bridgehead atoms. The summed E-state index contributed by atoms with van der Waals surface area (Å²) in [5, 5.41) is 10.2. The third-order valence-electron chi connectivity index (χ3n) is 5.31. The van der Waals surface area contributed by atoms with E-state index in [0.29, 0.717) is 26.1 Å². The molecule has 7 heteroatoms. The Morgan fingerprint density at radius 3 is 2.75 bits per heavy atom. The van der Waals surface area contributed by atoms with E-state index in [1.54, 1.807) is 11.9 Å². The fraction of sp³-hybridized carbons (Fsp3) is 0.476. The Labute approximate surface area is 166 Å². The van der Waals surface area contributed by atoms with Crippen LogP contribution in [0.4, 0.5) is 4.79 Å². The largest absolute Gasteiger partial charge is 0.336 e. The maximum Gasteiger partial charge on any atom is 0.317 e. The van der Waals surface area contributed by atoms with E-state index in [2.05, 4.69) is 15.5 Å². The third-order valence-corrected chi connectivity index (χ3v) is 5.31. The molecule has 0 radical (unpaired) electrons. The predicted octanol–water partition coefficient (Wildman–Crippen LogP) is 2.40. The number of amides is 3. The van der Waals surface area contributed by atoms with Crippen molar-refractivity contribution in [3.63, 3.8) is 0 Å². The summed E-state index contributed by atoms with van der Waals surface area (Å²) >= 11 is 0. The number of aromatic nitrogens is 2. The average molecular weight is 383 g/mol. The lowest BCUT2D eigenvalue weighted by atomic mass is 10.1. The number of likely N-dealkylation sites (tertiary alicyclic amines) is 1. The summed E-state index contributed by atoms with van der Waals surface area (Å²) in [7, 11) is 1.79. The molecule has 0 spiro atoms. The van der Waals surface area contributed by atoms with Crippen LogP contribution in [0.3, 0.4) is 0 Å². The molecule has 1 aliphatic heterocycles. The van der Waals surface area contributed by atoms with Gasteiger partial charge in [-0.2, -0.15) is 5.10 Å². The summed E-state index contributed by atoms with van der Waals surface area (Å²) < 4.78 is 0. The minimum Gasteiger partial charge on any atom is -0.336 e. The van der Waals surface area contributed by atoms with Gasteiger partial charge in [-0.1, -0.05) is 30.3 Å². The average Bonchev–Trinajstić information content (AvgIpc) is 3.18. The molecule has 150 valence electrons. The van der Waals surface area contributed by atoms with Gasteiger partial charge in [0.25, 0.3) is 0 Å². The highest BCUT2D eigenvalue weighted by Gasteiger charge is 2.31. The van der Waals surface area contributed by atoms with E-state index in [1.807, 2.05) is 49.1 Å². The number of urea groups is 1. The van der Waals surface area contributed by atoms with E-state index in [4.69, 9.17) is 0 Å². The van der Waals surface area contributed by atoms with E-state index in [-0.39, 0.29) is 18.0 Å². The molecule has 28 heavy (non-hydrogen) atoms. The van der Waals surface area contributed by atoms with Gasteiger partial charge in [0.15, 0.2) is 0 Å². The number of aromatic amines is 1. The van der Waals surface area contributed by atoms with Crippen molar-refractivity contribution in [2.75, 3.05) is 20.1 Å². The molecule has 1 aromatic carbocycles. The first kappa shape index (κ1) is 19.9. The third kappa shape index (κ3) is 4.91. The normalized spacial score (nSPS) is 16.5. The Balaban J connectivity index is 1.43. The second-order valence-corrected chi connectivity index (χ2v) is 7.55. The van der Waals surface area contributed by atoms with Crippen LogP contribution in [-0.4, -0.2) is 58.1 Å². The highest BCUT2D eigenvalue weighted by molar-refractivity contribution is 5.81. The van der Waals surface area contributed by atoms with Crippen molar-refractivity contribution in [2.45, 2.75) is 45.7 Å². The van der Waals surface area contributed by atoms with Gasteiger partial charge in [-0.15, -0.1) is 0 Å². The molecule has 1 fully saturated rings.